The monoisotopic (exact) mass is 1100 g/mol. The molecule has 26 heteroatoms. The molecule has 0 atom stereocenters. The molecule has 6 rings (SSSR count). The first kappa shape index (κ1) is 57.5. The van der Waals surface area contributed by atoms with Crippen molar-refractivity contribution in [2.75, 3.05) is 0 Å². The summed E-state index contributed by atoms with van der Waals surface area (Å²) in [5.41, 5.74) is -27.9. The zero-order chi connectivity index (χ0) is 56.6. The standard InChI is InChI=1S/C49H28F24O2/c1-5-45(67,6-2)25-35(58)27(50)22(28(51)36(25)59)24-33(56)42(65)44(43(66)34(24)57)74-19-13-9-17(10-14-19)47(48(68,69)70,49(71,72)73)18-11-15-20(16-12-18)75-46(7-3,8-4)26-37(60)29(52)21(30(53)38(26)61)23-31(54)39(62)41(64)40(63)32(23)55/h9-16H,5-8H2,1-4H3. The Bertz CT molecular complexity index is 3080. The summed E-state index contributed by atoms with van der Waals surface area (Å²) < 4.78 is 371. The highest BCUT2D eigenvalue weighted by atomic mass is 19.4. The predicted molar refractivity (Wildman–Crippen MR) is 215 cm³/mol. The van der Waals surface area contributed by atoms with Gasteiger partial charge in [0.25, 0.3) is 0 Å². The molecule has 0 aliphatic carbocycles. The van der Waals surface area contributed by atoms with Crippen molar-refractivity contribution in [3.63, 3.8) is 0 Å². The van der Waals surface area contributed by atoms with Crippen LogP contribution in [0.3, 0.4) is 0 Å². The molecule has 0 spiro atoms. The zero-order valence-electron chi connectivity index (χ0n) is 37.8. The Morgan fingerprint density at radius 1 is 0.320 bits per heavy atom. The molecule has 6 aromatic carbocycles. The quantitative estimate of drug-likeness (QED) is 0.0615. The second-order valence-electron chi connectivity index (χ2n) is 16.3. The van der Waals surface area contributed by atoms with Gasteiger partial charge in [0.05, 0.1) is 33.4 Å². The average Bonchev–Trinajstić information content (AvgIpc) is 3.36. The van der Waals surface area contributed by atoms with Crippen LogP contribution in [-0.4, -0.2) is 12.4 Å². The maximum absolute atomic E-state index is 15.8. The van der Waals surface area contributed by atoms with Gasteiger partial charge in [-0.2, -0.15) is 35.1 Å². The number of hydrogen-bond donors (Lipinski definition) is 0. The van der Waals surface area contributed by atoms with Crippen molar-refractivity contribution in [3.8, 4) is 39.5 Å². The highest BCUT2D eigenvalue weighted by Gasteiger charge is 2.72. The minimum absolute atomic E-state index is 0.0169. The van der Waals surface area contributed by atoms with Gasteiger partial charge in [-0.15, -0.1) is 0 Å². The maximum atomic E-state index is 15.8. The highest BCUT2D eigenvalue weighted by Crippen LogP contribution is 2.57. The molecule has 75 heavy (non-hydrogen) atoms. The molecule has 0 saturated heterocycles. The molecule has 0 N–H and O–H groups in total. The Morgan fingerprint density at radius 3 is 0.907 bits per heavy atom. The molecule has 404 valence electrons. The van der Waals surface area contributed by atoms with Crippen LogP contribution in [0.25, 0.3) is 22.3 Å². The summed E-state index contributed by atoms with van der Waals surface area (Å²) in [5, 5.41) is 0. The summed E-state index contributed by atoms with van der Waals surface area (Å²) >= 11 is 0. The van der Waals surface area contributed by atoms with Crippen molar-refractivity contribution in [1.29, 1.82) is 0 Å². The molecule has 6 aromatic rings. The van der Waals surface area contributed by atoms with Gasteiger partial charge in [0, 0.05) is 0 Å². The van der Waals surface area contributed by atoms with Crippen molar-refractivity contribution in [2.24, 2.45) is 0 Å². The lowest BCUT2D eigenvalue weighted by atomic mass is 9.73. The molecule has 0 saturated carbocycles. The zero-order valence-corrected chi connectivity index (χ0v) is 37.8. The van der Waals surface area contributed by atoms with E-state index in [1.54, 1.807) is 0 Å². The van der Waals surface area contributed by atoms with Crippen molar-refractivity contribution < 1.29 is 115 Å². The molecule has 0 unspecified atom stereocenters. The van der Waals surface area contributed by atoms with E-state index in [1.165, 1.54) is 0 Å². The number of rotatable bonds is 14. The van der Waals surface area contributed by atoms with Crippen LogP contribution in [0.15, 0.2) is 48.5 Å². The van der Waals surface area contributed by atoms with E-state index in [1.807, 2.05) is 0 Å². The third-order valence-corrected chi connectivity index (χ3v) is 12.6. The van der Waals surface area contributed by atoms with Crippen molar-refractivity contribution >= 4 is 0 Å². The summed E-state index contributed by atoms with van der Waals surface area (Å²) in [4.78, 5) is 0. The Labute approximate surface area is 406 Å². The minimum Gasteiger partial charge on any atom is -0.482 e. The van der Waals surface area contributed by atoms with E-state index in [2.05, 4.69) is 4.74 Å². The molecular formula is C49H28F24O2. The van der Waals surface area contributed by atoms with Gasteiger partial charge >= 0.3 is 12.4 Å². The molecule has 0 aliphatic rings. The van der Waals surface area contributed by atoms with E-state index < -0.39 is 215 Å². The van der Waals surface area contributed by atoms with E-state index in [-0.39, 0.29) is 36.4 Å². The van der Waals surface area contributed by atoms with E-state index in [4.69, 9.17) is 4.74 Å². The van der Waals surface area contributed by atoms with Gasteiger partial charge in [-0.3, -0.25) is 0 Å². The smallest absolute Gasteiger partial charge is 0.411 e. The molecule has 0 aliphatic heterocycles. The van der Waals surface area contributed by atoms with Crippen molar-refractivity contribution in [1.82, 2.24) is 0 Å². The Hall–Kier alpha value is -6.76. The van der Waals surface area contributed by atoms with Crippen LogP contribution in [0.1, 0.15) is 75.6 Å². The molecule has 0 amide bonds. The van der Waals surface area contributed by atoms with Crippen LogP contribution in [0, 0.1) is 98.9 Å². The number of halogens is 24. The lowest BCUT2D eigenvalue weighted by Gasteiger charge is -2.38. The highest BCUT2D eigenvalue weighted by molar-refractivity contribution is 5.70. The first-order chi connectivity index (χ1) is 34.7. The average molecular weight is 1100 g/mol. The second kappa shape index (κ2) is 20.1. The first-order valence-corrected chi connectivity index (χ1v) is 21.2. The normalized spacial score (nSPS) is 12.7. The lowest BCUT2D eigenvalue weighted by Crippen LogP contribution is -2.54. The molecule has 0 bridgehead atoms. The van der Waals surface area contributed by atoms with E-state index in [0.29, 0.717) is 12.1 Å². The molecule has 0 heterocycles. The summed E-state index contributed by atoms with van der Waals surface area (Å²) in [6.07, 6.45) is -16.0. The number of benzene rings is 6. The maximum Gasteiger partial charge on any atom is 0.411 e. The number of alkyl halides is 7. The Kier molecular flexibility index (Phi) is 15.4. The third-order valence-electron chi connectivity index (χ3n) is 12.6. The van der Waals surface area contributed by atoms with Gasteiger partial charge < -0.3 is 9.47 Å². The Balaban J connectivity index is 1.40. The van der Waals surface area contributed by atoms with E-state index in [9.17, 15) is 22.0 Å². The summed E-state index contributed by atoms with van der Waals surface area (Å²) in [6, 6.07) is 1.11. The molecule has 2 nitrogen and oxygen atoms in total. The summed E-state index contributed by atoms with van der Waals surface area (Å²) in [6.45, 7) is 4.05. The topological polar surface area (TPSA) is 18.5 Å². The van der Waals surface area contributed by atoms with Gasteiger partial charge in [0.2, 0.25) is 28.6 Å². The SMILES string of the molecule is CCC(F)(CC)c1c(F)c(F)c(-c2c(F)c(F)c(Oc3ccc(C(c4ccc(OC(CC)(CC)c5c(F)c(F)c(-c6c(F)c(F)c(F)c(F)c6F)c(F)c5F)cc4)(C(F)(F)F)C(F)(F)F)cc3)c(F)c2F)c(F)c1F. The second-order valence-corrected chi connectivity index (χ2v) is 16.3. The molecular weight excluding hydrogens is 1080 g/mol. The van der Waals surface area contributed by atoms with Gasteiger partial charge in [0.1, 0.15) is 22.8 Å². The summed E-state index contributed by atoms with van der Waals surface area (Å²) in [5.74, 6) is -50.7. The third kappa shape index (κ3) is 8.81. The van der Waals surface area contributed by atoms with Crippen LogP contribution in [0.4, 0.5) is 105 Å². The van der Waals surface area contributed by atoms with Gasteiger partial charge in [0.15, 0.2) is 81.4 Å². The number of ether oxygens (including phenoxy) is 2. The predicted octanol–water partition coefficient (Wildman–Crippen LogP) is 17.7. The van der Waals surface area contributed by atoms with E-state index >= 15 is 83.4 Å². The van der Waals surface area contributed by atoms with Crippen molar-refractivity contribution in [3.05, 3.63) is 170 Å². The minimum atomic E-state index is -6.44. The lowest BCUT2D eigenvalue weighted by molar-refractivity contribution is -0.288. The molecule has 0 aromatic heterocycles. The fraction of sp³-hybridized carbons (Fsp3) is 0.265. The van der Waals surface area contributed by atoms with E-state index in [0.717, 1.165) is 27.7 Å². The van der Waals surface area contributed by atoms with Gasteiger partial charge in [-0.05, 0) is 61.1 Å². The van der Waals surface area contributed by atoms with Crippen molar-refractivity contribution in [2.45, 2.75) is 82.4 Å². The Morgan fingerprint density at radius 2 is 0.600 bits per heavy atom. The summed E-state index contributed by atoms with van der Waals surface area (Å²) in [7, 11) is 0. The molecule has 0 fully saturated rings. The fourth-order valence-corrected chi connectivity index (χ4v) is 8.51. The van der Waals surface area contributed by atoms with Crippen LogP contribution in [0.5, 0.6) is 17.2 Å². The van der Waals surface area contributed by atoms with Gasteiger partial charge in [-0.25, -0.2) is 70.2 Å². The largest absolute Gasteiger partial charge is 0.482 e. The fourth-order valence-electron chi connectivity index (χ4n) is 8.51. The van der Waals surface area contributed by atoms with Crippen LogP contribution in [0.2, 0.25) is 0 Å². The van der Waals surface area contributed by atoms with Crippen LogP contribution in [-0.2, 0) is 16.7 Å². The number of hydrogen-bond acceptors (Lipinski definition) is 2. The molecule has 0 radical (unpaired) electrons. The van der Waals surface area contributed by atoms with Gasteiger partial charge in [-0.1, -0.05) is 52.0 Å². The first-order valence-electron chi connectivity index (χ1n) is 21.2. The van der Waals surface area contributed by atoms with Crippen LogP contribution >= 0.6 is 0 Å². The van der Waals surface area contributed by atoms with Crippen LogP contribution < -0.4 is 9.47 Å².